The topological polar surface area (TPSA) is 126 Å². The highest BCUT2D eigenvalue weighted by Gasteiger charge is 2.18. The Balaban J connectivity index is 2.29. The highest BCUT2D eigenvalue weighted by atomic mass is 16.1. The van der Waals surface area contributed by atoms with Crippen LogP contribution in [0, 0.1) is 0 Å². The van der Waals surface area contributed by atoms with E-state index in [1.165, 1.54) is 6.42 Å². The Morgan fingerprint density at radius 3 is 2.57 bits per heavy atom. The van der Waals surface area contributed by atoms with E-state index in [1.54, 1.807) is 4.90 Å². The number of carbonyl (C=O) groups is 1. The van der Waals surface area contributed by atoms with Crippen molar-refractivity contribution in [3.63, 3.8) is 0 Å². The average molecular weight is 294 g/mol. The highest BCUT2D eigenvalue weighted by Crippen LogP contribution is 2.19. The fourth-order valence-electron chi connectivity index (χ4n) is 2.31. The van der Waals surface area contributed by atoms with Crippen molar-refractivity contribution in [1.29, 1.82) is 0 Å². The predicted molar refractivity (Wildman–Crippen MR) is 80.8 cm³/mol. The zero-order valence-corrected chi connectivity index (χ0v) is 12.2. The van der Waals surface area contributed by atoms with Crippen molar-refractivity contribution in [3.05, 3.63) is 0 Å². The number of rotatable bonds is 6. The number of nitrogens with zero attached hydrogens (tertiary/aromatic N) is 5. The Bertz CT molecular complexity index is 488. The number of carbonyl (C=O) groups excluding carboxylic acids is 1. The molecule has 2 heterocycles. The van der Waals surface area contributed by atoms with E-state index < -0.39 is 5.91 Å². The quantitative estimate of drug-likeness (QED) is 0.471. The molecule has 1 amide bonds. The summed E-state index contributed by atoms with van der Waals surface area (Å²) in [5.74, 6) is 6.26. The summed E-state index contributed by atoms with van der Waals surface area (Å²) in [5, 5.41) is 0. The van der Waals surface area contributed by atoms with Crippen LogP contribution in [-0.4, -0.2) is 47.0 Å². The standard InChI is InChI=1S/C12H22N8O/c1-2-19(8-9(13)21)11-15-10(18-14)16-12(17-11)20-6-4-3-5-7-20/h2-8,14H2,1H3,(H2,13,21)(H,15,16,17,18). The molecule has 9 heteroatoms. The van der Waals surface area contributed by atoms with E-state index in [-0.39, 0.29) is 12.5 Å². The molecule has 116 valence electrons. The number of hydrogen-bond donors (Lipinski definition) is 3. The van der Waals surface area contributed by atoms with Crippen LogP contribution in [0.1, 0.15) is 26.2 Å². The van der Waals surface area contributed by atoms with E-state index in [9.17, 15) is 4.79 Å². The third-order valence-corrected chi connectivity index (χ3v) is 3.39. The SMILES string of the molecule is CCN(CC(N)=O)c1nc(NN)nc(N2CCCCC2)n1. The van der Waals surface area contributed by atoms with Gasteiger partial charge in [-0.1, -0.05) is 0 Å². The molecule has 1 aromatic heterocycles. The summed E-state index contributed by atoms with van der Waals surface area (Å²) >= 11 is 0. The van der Waals surface area contributed by atoms with Gasteiger partial charge in [0.05, 0.1) is 6.54 Å². The van der Waals surface area contributed by atoms with Crippen LogP contribution in [0.4, 0.5) is 17.8 Å². The summed E-state index contributed by atoms with van der Waals surface area (Å²) in [6.07, 6.45) is 3.45. The second-order valence-corrected chi connectivity index (χ2v) is 4.93. The summed E-state index contributed by atoms with van der Waals surface area (Å²) < 4.78 is 0. The Morgan fingerprint density at radius 1 is 1.29 bits per heavy atom. The molecule has 21 heavy (non-hydrogen) atoms. The molecule has 0 bridgehead atoms. The van der Waals surface area contributed by atoms with Crippen LogP contribution in [0.15, 0.2) is 0 Å². The Hall–Kier alpha value is -2.16. The lowest BCUT2D eigenvalue weighted by Gasteiger charge is -2.28. The summed E-state index contributed by atoms with van der Waals surface area (Å²) in [6, 6.07) is 0. The van der Waals surface area contributed by atoms with Crippen molar-refractivity contribution in [2.45, 2.75) is 26.2 Å². The van der Waals surface area contributed by atoms with Crippen molar-refractivity contribution in [2.24, 2.45) is 11.6 Å². The Labute approximate surface area is 123 Å². The molecule has 1 aliphatic heterocycles. The largest absolute Gasteiger partial charge is 0.368 e. The molecule has 1 aromatic rings. The summed E-state index contributed by atoms with van der Waals surface area (Å²) in [4.78, 5) is 27.9. The number of nitrogen functional groups attached to an aromatic ring is 1. The van der Waals surface area contributed by atoms with Gasteiger partial charge in [-0.05, 0) is 26.2 Å². The van der Waals surface area contributed by atoms with Crippen molar-refractivity contribution >= 4 is 23.8 Å². The molecule has 5 N–H and O–H groups in total. The van der Waals surface area contributed by atoms with Gasteiger partial charge in [-0.3, -0.25) is 10.2 Å². The maximum absolute atomic E-state index is 11.1. The predicted octanol–water partition coefficient (Wildman–Crippen LogP) is -0.541. The highest BCUT2D eigenvalue weighted by molar-refractivity contribution is 5.78. The van der Waals surface area contributed by atoms with Crippen molar-refractivity contribution in [3.8, 4) is 0 Å². The molecular formula is C12H22N8O. The molecule has 1 saturated heterocycles. The summed E-state index contributed by atoms with van der Waals surface area (Å²) in [5.41, 5.74) is 7.70. The minimum absolute atomic E-state index is 0.0595. The molecule has 0 aliphatic carbocycles. The molecule has 0 saturated carbocycles. The first-order chi connectivity index (χ1) is 10.1. The third kappa shape index (κ3) is 3.91. The number of piperidine rings is 1. The van der Waals surface area contributed by atoms with E-state index in [2.05, 4.69) is 25.3 Å². The number of nitrogens with two attached hydrogens (primary N) is 2. The van der Waals surface area contributed by atoms with Crippen LogP contribution in [-0.2, 0) is 4.79 Å². The Kier molecular flexibility index (Phi) is 5.09. The fraction of sp³-hybridized carbons (Fsp3) is 0.667. The number of aromatic nitrogens is 3. The van der Waals surface area contributed by atoms with Crippen LogP contribution < -0.4 is 26.8 Å². The van der Waals surface area contributed by atoms with E-state index in [0.29, 0.717) is 18.4 Å². The number of hydrazine groups is 1. The minimum atomic E-state index is -0.431. The van der Waals surface area contributed by atoms with E-state index in [4.69, 9.17) is 11.6 Å². The lowest BCUT2D eigenvalue weighted by Crippen LogP contribution is -2.36. The Morgan fingerprint density at radius 2 is 2.00 bits per heavy atom. The summed E-state index contributed by atoms with van der Waals surface area (Å²) in [6.45, 7) is 4.36. The molecule has 0 aromatic carbocycles. The summed E-state index contributed by atoms with van der Waals surface area (Å²) in [7, 11) is 0. The van der Waals surface area contributed by atoms with Gasteiger partial charge in [-0.15, -0.1) is 0 Å². The van der Waals surface area contributed by atoms with Gasteiger partial charge in [-0.25, -0.2) is 5.84 Å². The molecule has 1 aliphatic rings. The maximum Gasteiger partial charge on any atom is 0.243 e. The number of likely N-dealkylation sites (N-methyl/N-ethyl adjacent to an activating group) is 1. The van der Waals surface area contributed by atoms with Gasteiger partial charge in [0.15, 0.2) is 0 Å². The van der Waals surface area contributed by atoms with Crippen LogP contribution in [0.2, 0.25) is 0 Å². The third-order valence-electron chi connectivity index (χ3n) is 3.39. The fourth-order valence-corrected chi connectivity index (χ4v) is 2.31. The van der Waals surface area contributed by atoms with Crippen molar-refractivity contribution < 1.29 is 4.79 Å². The molecule has 0 radical (unpaired) electrons. The monoisotopic (exact) mass is 294 g/mol. The lowest BCUT2D eigenvalue weighted by molar-refractivity contribution is -0.116. The van der Waals surface area contributed by atoms with Gasteiger partial charge in [0, 0.05) is 19.6 Å². The van der Waals surface area contributed by atoms with Gasteiger partial charge in [0.25, 0.3) is 0 Å². The van der Waals surface area contributed by atoms with Gasteiger partial charge in [0.1, 0.15) is 0 Å². The van der Waals surface area contributed by atoms with Crippen LogP contribution in [0.5, 0.6) is 0 Å². The van der Waals surface area contributed by atoms with E-state index in [0.717, 1.165) is 25.9 Å². The molecule has 9 nitrogen and oxygen atoms in total. The molecular weight excluding hydrogens is 272 g/mol. The number of nitrogens with one attached hydrogen (secondary N) is 1. The first-order valence-electron chi connectivity index (χ1n) is 7.15. The van der Waals surface area contributed by atoms with Crippen molar-refractivity contribution in [1.82, 2.24) is 15.0 Å². The second-order valence-electron chi connectivity index (χ2n) is 4.93. The van der Waals surface area contributed by atoms with Crippen LogP contribution in [0.25, 0.3) is 0 Å². The second kappa shape index (κ2) is 7.02. The molecule has 0 unspecified atom stereocenters. The minimum Gasteiger partial charge on any atom is -0.368 e. The van der Waals surface area contributed by atoms with Crippen LogP contribution in [0.3, 0.4) is 0 Å². The van der Waals surface area contributed by atoms with E-state index in [1.807, 2.05) is 6.92 Å². The molecule has 0 atom stereocenters. The maximum atomic E-state index is 11.1. The van der Waals surface area contributed by atoms with Gasteiger partial charge >= 0.3 is 0 Å². The smallest absolute Gasteiger partial charge is 0.243 e. The zero-order chi connectivity index (χ0) is 15.2. The van der Waals surface area contributed by atoms with Crippen molar-refractivity contribution in [2.75, 3.05) is 41.4 Å². The first-order valence-corrected chi connectivity index (χ1v) is 7.15. The molecule has 1 fully saturated rings. The lowest BCUT2D eigenvalue weighted by atomic mass is 10.1. The number of primary amides is 1. The number of amides is 1. The molecule has 0 spiro atoms. The van der Waals surface area contributed by atoms with Gasteiger partial charge in [0.2, 0.25) is 23.8 Å². The first kappa shape index (κ1) is 15.2. The van der Waals surface area contributed by atoms with Gasteiger partial charge in [-0.2, -0.15) is 15.0 Å². The number of anilines is 3. The zero-order valence-electron chi connectivity index (χ0n) is 12.2. The average Bonchev–Trinajstić information content (AvgIpc) is 2.52. The van der Waals surface area contributed by atoms with Crippen LogP contribution >= 0.6 is 0 Å². The number of hydrogen-bond acceptors (Lipinski definition) is 8. The van der Waals surface area contributed by atoms with Gasteiger partial charge < -0.3 is 15.5 Å². The normalized spacial score (nSPS) is 14.9. The molecule has 2 rings (SSSR count). The van der Waals surface area contributed by atoms with E-state index >= 15 is 0 Å².